The van der Waals surface area contributed by atoms with Crippen LogP contribution in [-0.4, -0.2) is 27.6 Å². The summed E-state index contributed by atoms with van der Waals surface area (Å²) in [5.41, 5.74) is 1.57. The summed E-state index contributed by atoms with van der Waals surface area (Å²) in [5.74, 6) is 1.37. The number of hydrogen-bond acceptors (Lipinski definition) is 4. The van der Waals surface area contributed by atoms with Crippen LogP contribution in [0.1, 0.15) is 35.3 Å². The number of imidazole rings is 1. The van der Waals surface area contributed by atoms with Crippen molar-refractivity contribution in [2.75, 3.05) is 7.11 Å². The molecule has 0 saturated heterocycles. The van der Waals surface area contributed by atoms with E-state index in [4.69, 9.17) is 4.74 Å². The lowest BCUT2D eigenvalue weighted by molar-refractivity contribution is 0.0935. The van der Waals surface area contributed by atoms with E-state index in [1.807, 2.05) is 31.2 Å². The van der Waals surface area contributed by atoms with Crippen LogP contribution in [0.5, 0.6) is 5.75 Å². The third kappa shape index (κ3) is 3.85. The summed E-state index contributed by atoms with van der Waals surface area (Å²) in [6, 6.07) is 11.2. The van der Waals surface area contributed by atoms with E-state index < -0.39 is 0 Å². The maximum Gasteiger partial charge on any atom is 0.253 e. The van der Waals surface area contributed by atoms with Gasteiger partial charge in [-0.1, -0.05) is 19.1 Å². The van der Waals surface area contributed by atoms with Crippen molar-refractivity contribution < 1.29 is 9.53 Å². The summed E-state index contributed by atoms with van der Waals surface area (Å²) in [4.78, 5) is 20.8. The van der Waals surface area contributed by atoms with Crippen LogP contribution >= 0.6 is 0 Å². The molecule has 128 valence electrons. The Morgan fingerprint density at radius 3 is 2.60 bits per heavy atom. The number of rotatable bonds is 6. The van der Waals surface area contributed by atoms with E-state index in [1.54, 1.807) is 48.7 Å². The van der Waals surface area contributed by atoms with Crippen molar-refractivity contribution in [3.05, 3.63) is 72.4 Å². The Labute approximate surface area is 146 Å². The van der Waals surface area contributed by atoms with Gasteiger partial charge in [0.1, 0.15) is 17.9 Å². The van der Waals surface area contributed by atoms with Gasteiger partial charge in [-0.2, -0.15) is 0 Å². The maximum absolute atomic E-state index is 12.5. The molecule has 2 heterocycles. The number of benzene rings is 1. The van der Waals surface area contributed by atoms with E-state index in [0.717, 1.165) is 23.6 Å². The van der Waals surface area contributed by atoms with Gasteiger partial charge in [0.15, 0.2) is 0 Å². The van der Waals surface area contributed by atoms with Gasteiger partial charge in [-0.25, -0.2) is 9.97 Å². The molecule has 1 amide bonds. The van der Waals surface area contributed by atoms with Crippen molar-refractivity contribution in [3.63, 3.8) is 0 Å². The molecule has 0 spiro atoms. The Bertz CT molecular complexity index is 812. The number of ether oxygens (including phenoxy) is 1. The molecule has 1 atom stereocenters. The largest absolute Gasteiger partial charge is 0.497 e. The summed E-state index contributed by atoms with van der Waals surface area (Å²) >= 11 is 0. The SMILES string of the molecule is CCC(NC(=O)c1ccc(-n2ccnc2)nc1)c1ccc(OC)cc1. The van der Waals surface area contributed by atoms with Crippen LogP contribution in [0.4, 0.5) is 0 Å². The van der Waals surface area contributed by atoms with Crippen LogP contribution in [0, 0.1) is 0 Å². The van der Waals surface area contributed by atoms with Gasteiger partial charge in [-0.15, -0.1) is 0 Å². The minimum absolute atomic E-state index is 0.0632. The van der Waals surface area contributed by atoms with Crippen molar-refractivity contribution in [2.45, 2.75) is 19.4 Å². The first kappa shape index (κ1) is 16.7. The van der Waals surface area contributed by atoms with Crippen molar-refractivity contribution in [1.29, 1.82) is 0 Å². The first-order valence-electron chi connectivity index (χ1n) is 8.10. The van der Waals surface area contributed by atoms with Crippen LogP contribution in [0.15, 0.2) is 61.3 Å². The molecule has 0 bridgehead atoms. The van der Waals surface area contributed by atoms with Crippen LogP contribution in [-0.2, 0) is 0 Å². The van der Waals surface area contributed by atoms with Crippen molar-refractivity contribution in [3.8, 4) is 11.6 Å². The number of carbonyl (C=O) groups is 1. The molecule has 0 aliphatic heterocycles. The number of aromatic nitrogens is 3. The van der Waals surface area contributed by atoms with E-state index in [1.165, 1.54) is 0 Å². The van der Waals surface area contributed by atoms with Crippen molar-refractivity contribution in [2.24, 2.45) is 0 Å². The van der Waals surface area contributed by atoms with Gasteiger partial charge in [-0.3, -0.25) is 9.36 Å². The molecule has 25 heavy (non-hydrogen) atoms. The Kier molecular flexibility index (Phi) is 5.09. The highest BCUT2D eigenvalue weighted by molar-refractivity contribution is 5.94. The Morgan fingerprint density at radius 1 is 1.24 bits per heavy atom. The molecule has 0 saturated carbocycles. The highest BCUT2D eigenvalue weighted by Gasteiger charge is 2.14. The quantitative estimate of drug-likeness (QED) is 0.751. The monoisotopic (exact) mass is 336 g/mol. The molecule has 1 aromatic carbocycles. The topological polar surface area (TPSA) is 69.0 Å². The predicted octanol–water partition coefficient (Wildman–Crippen LogP) is 3.16. The molecule has 1 N–H and O–H groups in total. The van der Waals surface area contributed by atoms with Crippen LogP contribution in [0.2, 0.25) is 0 Å². The summed E-state index contributed by atoms with van der Waals surface area (Å²) in [7, 11) is 1.63. The minimum Gasteiger partial charge on any atom is -0.497 e. The lowest BCUT2D eigenvalue weighted by Crippen LogP contribution is -2.28. The molecule has 0 aliphatic carbocycles. The van der Waals surface area contributed by atoms with Crippen LogP contribution in [0.25, 0.3) is 5.82 Å². The number of carbonyl (C=O) groups excluding carboxylic acids is 1. The Hall–Kier alpha value is -3.15. The fourth-order valence-electron chi connectivity index (χ4n) is 2.57. The first-order chi connectivity index (χ1) is 12.2. The number of hydrogen-bond donors (Lipinski definition) is 1. The van der Waals surface area contributed by atoms with Gasteiger partial charge in [-0.05, 0) is 36.2 Å². The second-order valence-electron chi connectivity index (χ2n) is 5.58. The van der Waals surface area contributed by atoms with Crippen molar-refractivity contribution >= 4 is 5.91 Å². The van der Waals surface area contributed by atoms with Gasteiger partial charge >= 0.3 is 0 Å². The minimum atomic E-state index is -0.146. The summed E-state index contributed by atoms with van der Waals surface area (Å²) in [6.45, 7) is 2.04. The van der Waals surface area contributed by atoms with Gasteiger partial charge in [0.2, 0.25) is 0 Å². The fraction of sp³-hybridized carbons (Fsp3) is 0.211. The summed E-state index contributed by atoms with van der Waals surface area (Å²) in [5, 5.41) is 3.05. The zero-order chi connectivity index (χ0) is 17.6. The van der Waals surface area contributed by atoms with Gasteiger partial charge in [0.05, 0.1) is 18.7 Å². The van der Waals surface area contributed by atoms with E-state index in [0.29, 0.717) is 5.56 Å². The highest BCUT2D eigenvalue weighted by atomic mass is 16.5. The molecule has 3 rings (SSSR count). The highest BCUT2D eigenvalue weighted by Crippen LogP contribution is 2.20. The second kappa shape index (κ2) is 7.61. The maximum atomic E-state index is 12.5. The zero-order valence-corrected chi connectivity index (χ0v) is 14.2. The van der Waals surface area contributed by atoms with Crippen molar-refractivity contribution in [1.82, 2.24) is 19.9 Å². The third-order valence-corrected chi connectivity index (χ3v) is 4.01. The molecule has 0 fully saturated rings. The number of methoxy groups -OCH3 is 1. The van der Waals surface area contributed by atoms with Crippen LogP contribution < -0.4 is 10.1 Å². The summed E-state index contributed by atoms with van der Waals surface area (Å²) in [6.07, 6.45) is 7.52. The third-order valence-electron chi connectivity index (χ3n) is 4.01. The normalized spacial score (nSPS) is 11.8. The standard InChI is InChI=1S/C19H20N4O2/c1-3-17(14-4-7-16(25-2)8-5-14)22-19(24)15-6-9-18(21-12-15)23-11-10-20-13-23/h4-13,17H,3H2,1-2H3,(H,22,24). The van der Waals surface area contributed by atoms with E-state index >= 15 is 0 Å². The lowest BCUT2D eigenvalue weighted by Gasteiger charge is -2.18. The molecule has 2 aromatic heterocycles. The van der Waals surface area contributed by atoms with E-state index in [-0.39, 0.29) is 11.9 Å². The summed E-state index contributed by atoms with van der Waals surface area (Å²) < 4.78 is 6.96. The van der Waals surface area contributed by atoms with Gasteiger partial charge in [0.25, 0.3) is 5.91 Å². The number of nitrogens with one attached hydrogen (secondary N) is 1. The average molecular weight is 336 g/mol. The number of amides is 1. The number of nitrogens with zero attached hydrogens (tertiary/aromatic N) is 3. The predicted molar refractivity (Wildman–Crippen MR) is 94.9 cm³/mol. The molecular weight excluding hydrogens is 316 g/mol. The van der Waals surface area contributed by atoms with Gasteiger partial charge < -0.3 is 10.1 Å². The molecule has 0 aliphatic rings. The molecule has 0 radical (unpaired) electrons. The Morgan fingerprint density at radius 2 is 2.04 bits per heavy atom. The van der Waals surface area contributed by atoms with E-state index in [2.05, 4.69) is 15.3 Å². The zero-order valence-electron chi connectivity index (χ0n) is 14.2. The number of pyridine rings is 1. The van der Waals surface area contributed by atoms with Crippen LogP contribution in [0.3, 0.4) is 0 Å². The van der Waals surface area contributed by atoms with Gasteiger partial charge in [0, 0.05) is 18.6 Å². The van der Waals surface area contributed by atoms with E-state index in [9.17, 15) is 4.79 Å². The first-order valence-corrected chi connectivity index (χ1v) is 8.10. The molecular formula is C19H20N4O2. The molecule has 6 nitrogen and oxygen atoms in total. The molecule has 1 unspecified atom stereocenters. The second-order valence-corrected chi connectivity index (χ2v) is 5.58. The molecule has 6 heteroatoms. The smallest absolute Gasteiger partial charge is 0.253 e. The fourth-order valence-corrected chi connectivity index (χ4v) is 2.57. The Balaban J connectivity index is 1.71. The lowest BCUT2D eigenvalue weighted by atomic mass is 10.0. The average Bonchev–Trinajstić information content (AvgIpc) is 3.21. The molecule has 3 aromatic rings.